The zero-order valence-electron chi connectivity index (χ0n) is 22.0. The minimum atomic E-state index is -1.11. The van der Waals surface area contributed by atoms with Gasteiger partial charge in [0.25, 0.3) is 0 Å². The number of pyridine rings is 1. The van der Waals surface area contributed by atoms with E-state index in [-0.39, 0.29) is 18.4 Å². The number of hydrogen-bond donors (Lipinski definition) is 1. The fourth-order valence-electron chi connectivity index (χ4n) is 4.78. The maximum Gasteiger partial charge on any atom is 0.305 e. The molecule has 204 valence electrons. The zero-order chi connectivity index (χ0) is 26.3. The van der Waals surface area contributed by atoms with E-state index in [0.29, 0.717) is 32.8 Å². The lowest BCUT2D eigenvalue weighted by Gasteiger charge is -2.43. The van der Waals surface area contributed by atoms with E-state index in [2.05, 4.69) is 44.8 Å². The first-order valence-corrected chi connectivity index (χ1v) is 14.3. The average Bonchev–Trinajstić information content (AvgIpc) is 3.12. The molecule has 1 aromatic carbocycles. The molecule has 2 aromatic rings. The highest BCUT2D eigenvalue weighted by atomic mass is 31.2. The number of hydrogen-bond acceptors (Lipinski definition) is 10. The van der Waals surface area contributed by atoms with Crippen LogP contribution in [0.5, 0.6) is 0 Å². The molecule has 0 amide bonds. The summed E-state index contributed by atoms with van der Waals surface area (Å²) < 4.78 is 28.0. The van der Waals surface area contributed by atoms with Gasteiger partial charge in [-0.1, -0.05) is 17.7 Å². The molecule has 11 heteroatoms. The number of benzene rings is 1. The van der Waals surface area contributed by atoms with Crippen molar-refractivity contribution >= 4 is 25.8 Å². The standard InChI is InChI=1S/C27H36N5O5P/c1-20-6-7-22-21(19-20)26(23-5-3-4-10-28-23)29-24(8-9-25(33)34-2)27(30-22)37-38(31-11-15-35-16-12-31)32-13-17-36-18-14-32/h3-7,10,19,24,27,30H,8-9,11-18H2,1-2H3/t24-,27?/m0/s1. The summed E-state index contributed by atoms with van der Waals surface area (Å²) in [6, 6.07) is 11.8. The summed E-state index contributed by atoms with van der Waals surface area (Å²) in [5.41, 5.74) is 4.61. The Morgan fingerprint density at radius 2 is 1.79 bits per heavy atom. The van der Waals surface area contributed by atoms with Crippen LogP contribution in [0.2, 0.25) is 0 Å². The van der Waals surface area contributed by atoms with Crippen molar-refractivity contribution in [1.29, 1.82) is 0 Å². The van der Waals surface area contributed by atoms with Crippen molar-refractivity contribution in [2.75, 3.05) is 65.0 Å². The molecule has 38 heavy (non-hydrogen) atoms. The fourth-order valence-corrected chi connectivity index (χ4v) is 6.81. The summed E-state index contributed by atoms with van der Waals surface area (Å²) in [6.07, 6.45) is 2.03. The van der Waals surface area contributed by atoms with Gasteiger partial charge in [-0.3, -0.25) is 14.8 Å². The Morgan fingerprint density at radius 3 is 2.42 bits per heavy atom. The van der Waals surface area contributed by atoms with Crippen molar-refractivity contribution in [2.24, 2.45) is 4.99 Å². The van der Waals surface area contributed by atoms with E-state index in [0.717, 1.165) is 54.4 Å². The Balaban J connectivity index is 1.53. The molecular weight excluding hydrogens is 505 g/mol. The number of morpholine rings is 2. The number of fused-ring (bicyclic) bond motifs is 1. The number of nitrogens with zero attached hydrogens (tertiary/aromatic N) is 4. The summed E-state index contributed by atoms with van der Waals surface area (Å²) in [5, 5.41) is 3.67. The molecule has 4 heterocycles. The second-order valence-corrected chi connectivity index (χ2v) is 11.3. The molecule has 1 aromatic heterocycles. The van der Waals surface area contributed by atoms with Crippen LogP contribution in [0.3, 0.4) is 0 Å². The van der Waals surface area contributed by atoms with E-state index in [1.165, 1.54) is 7.11 Å². The minimum Gasteiger partial charge on any atom is -0.469 e. The van der Waals surface area contributed by atoms with Gasteiger partial charge < -0.3 is 24.1 Å². The third kappa shape index (κ3) is 6.57. The summed E-state index contributed by atoms with van der Waals surface area (Å²) >= 11 is 0. The molecule has 0 bridgehead atoms. The highest BCUT2D eigenvalue weighted by Gasteiger charge is 2.37. The first-order chi connectivity index (χ1) is 18.6. The molecule has 2 fully saturated rings. The molecule has 0 aliphatic carbocycles. The number of aliphatic imine (C=N–C) groups is 1. The van der Waals surface area contributed by atoms with Crippen molar-refractivity contribution in [3.8, 4) is 0 Å². The molecule has 0 radical (unpaired) electrons. The lowest BCUT2D eigenvalue weighted by Crippen LogP contribution is -2.44. The quantitative estimate of drug-likeness (QED) is 0.399. The number of nitrogens with one attached hydrogen (secondary N) is 1. The molecule has 10 nitrogen and oxygen atoms in total. The van der Waals surface area contributed by atoms with E-state index >= 15 is 0 Å². The molecule has 3 aliphatic heterocycles. The van der Waals surface area contributed by atoms with Crippen molar-refractivity contribution in [3.63, 3.8) is 0 Å². The fraction of sp³-hybridized carbons (Fsp3) is 0.519. The monoisotopic (exact) mass is 541 g/mol. The van der Waals surface area contributed by atoms with Crippen LogP contribution in [0.25, 0.3) is 0 Å². The number of esters is 1. The average molecular weight is 542 g/mol. The van der Waals surface area contributed by atoms with Gasteiger partial charge in [0.05, 0.1) is 51.0 Å². The second kappa shape index (κ2) is 13.1. The van der Waals surface area contributed by atoms with Crippen LogP contribution < -0.4 is 5.32 Å². The van der Waals surface area contributed by atoms with Gasteiger partial charge in [-0.25, -0.2) is 9.34 Å². The lowest BCUT2D eigenvalue weighted by molar-refractivity contribution is -0.140. The van der Waals surface area contributed by atoms with Gasteiger partial charge in [-0.05, 0) is 37.6 Å². The van der Waals surface area contributed by atoms with Crippen molar-refractivity contribution in [1.82, 2.24) is 14.3 Å². The third-order valence-corrected chi connectivity index (χ3v) is 9.00. The van der Waals surface area contributed by atoms with E-state index in [4.69, 9.17) is 23.7 Å². The topological polar surface area (TPSA) is 97.8 Å². The maximum absolute atomic E-state index is 12.2. The van der Waals surface area contributed by atoms with E-state index in [1.54, 1.807) is 6.20 Å². The van der Waals surface area contributed by atoms with Crippen LogP contribution in [-0.2, 0) is 23.5 Å². The van der Waals surface area contributed by atoms with Gasteiger partial charge in [0.15, 0.2) is 14.7 Å². The minimum absolute atomic E-state index is 0.240. The Hall–Kier alpha value is -2.46. The van der Waals surface area contributed by atoms with Gasteiger partial charge in [-0.15, -0.1) is 0 Å². The number of carbonyl (C=O) groups excluding carboxylic acids is 1. The Kier molecular flexibility index (Phi) is 9.32. The predicted molar refractivity (Wildman–Crippen MR) is 146 cm³/mol. The molecule has 2 saturated heterocycles. The normalized spacial score (nSPS) is 22.8. The molecule has 2 atom stereocenters. The molecule has 0 saturated carbocycles. The van der Waals surface area contributed by atoms with Crippen molar-refractivity contribution in [3.05, 3.63) is 59.4 Å². The van der Waals surface area contributed by atoms with Crippen LogP contribution in [0.4, 0.5) is 5.69 Å². The first-order valence-electron chi connectivity index (χ1n) is 13.2. The molecule has 1 N–H and O–H groups in total. The van der Waals surface area contributed by atoms with E-state index in [9.17, 15) is 4.79 Å². The Morgan fingerprint density at radius 1 is 1.08 bits per heavy atom. The van der Waals surface area contributed by atoms with Gasteiger partial charge >= 0.3 is 5.97 Å². The SMILES string of the molecule is COC(=O)CC[C@@H]1N=C(c2ccccn2)c2cc(C)ccc2NC1OP(N1CCOCC1)N1CCOCC1. The van der Waals surface area contributed by atoms with Crippen LogP contribution in [0, 0.1) is 6.92 Å². The van der Waals surface area contributed by atoms with Gasteiger partial charge in [0.1, 0.15) is 0 Å². The number of ether oxygens (including phenoxy) is 3. The van der Waals surface area contributed by atoms with E-state index in [1.807, 2.05) is 18.2 Å². The van der Waals surface area contributed by atoms with Crippen LogP contribution in [-0.4, -0.2) is 98.0 Å². The van der Waals surface area contributed by atoms with Crippen LogP contribution >= 0.6 is 8.45 Å². The lowest BCUT2D eigenvalue weighted by atomic mass is 10.0. The molecule has 5 rings (SSSR count). The molecule has 0 spiro atoms. The second-order valence-electron chi connectivity index (χ2n) is 9.48. The first kappa shape index (κ1) is 27.1. The van der Waals surface area contributed by atoms with Crippen LogP contribution in [0.1, 0.15) is 29.7 Å². The molecular formula is C27H36N5O5P. The number of carbonyl (C=O) groups is 1. The van der Waals surface area contributed by atoms with Crippen LogP contribution in [0.15, 0.2) is 47.6 Å². The van der Waals surface area contributed by atoms with Gasteiger partial charge in [0, 0.05) is 50.0 Å². The van der Waals surface area contributed by atoms with Crippen molar-refractivity contribution in [2.45, 2.75) is 32.0 Å². The Labute approximate surface area is 225 Å². The number of aryl methyl sites for hydroxylation is 1. The smallest absolute Gasteiger partial charge is 0.305 e. The number of benzodiazepines with no additional fused rings is 1. The predicted octanol–water partition coefficient (Wildman–Crippen LogP) is 3.21. The summed E-state index contributed by atoms with van der Waals surface area (Å²) in [6.45, 7) is 8.02. The summed E-state index contributed by atoms with van der Waals surface area (Å²) in [4.78, 5) is 22.1. The largest absolute Gasteiger partial charge is 0.469 e. The summed E-state index contributed by atoms with van der Waals surface area (Å²) in [5.74, 6) is -0.264. The summed E-state index contributed by atoms with van der Waals surface area (Å²) in [7, 11) is 0.307. The van der Waals surface area contributed by atoms with Gasteiger partial charge in [0.2, 0.25) is 0 Å². The number of methoxy groups -OCH3 is 1. The molecule has 3 aliphatic rings. The zero-order valence-corrected chi connectivity index (χ0v) is 22.9. The van der Waals surface area contributed by atoms with Gasteiger partial charge in [-0.2, -0.15) is 0 Å². The maximum atomic E-state index is 12.2. The highest BCUT2D eigenvalue weighted by molar-refractivity contribution is 7.47. The third-order valence-electron chi connectivity index (χ3n) is 6.82. The number of rotatable bonds is 8. The van der Waals surface area contributed by atoms with E-state index < -0.39 is 14.7 Å². The Bertz CT molecular complexity index is 1090. The number of aromatic nitrogens is 1. The van der Waals surface area contributed by atoms with Crippen molar-refractivity contribution < 1.29 is 23.5 Å². The number of anilines is 1. The highest BCUT2D eigenvalue weighted by Crippen LogP contribution is 2.48. The molecule has 1 unspecified atom stereocenters.